The number of rotatable bonds is 12. The van der Waals surface area contributed by atoms with Crippen LogP contribution >= 0.6 is 22.6 Å². The molecule has 0 aliphatic carbocycles. The Balaban J connectivity index is 1.99. The lowest BCUT2D eigenvalue weighted by atomic mass is 10.1. The lowest BCUT2D eigenvalue weighted by Gasteiger charge is -2.33. The van der Waals surface area contributed by atoms with Crippen LogP contribution in [0, 0.1) is 3.57 Å². The van der Waals surface area contributed by atoms with Crippen molar-refractivity contribution >= 4 is 50.1 Å². The van der Waals surface area contributed by atoms with Gasteiger partial charge in [0.1, 0.15) is 12.6 Å². The summed E-state index contributed by atoms with van der Waals surface area (Å²) in [6, 6.07) is 23.9. The largest absolute Gasteiger partial charge is 0.352 e. The molecule has 0 aliphatic heterocycles. The summed E-state index contributed by atoms with van der Waals surface area (Å²) in [6.07, 6.45) is 0.932. The fourth-order valence-corrected chi connectivity index (χ4v) is 5.93. The lowest BCUT2D eigenvalue weighted by Crippen LogP contribution is -2.54. The van der Waals surface area contributed by atoms with Gasteiger partial charge in [0.2, 0.25) is 11.8 Å². The minimum Gasteiger partial charge on any atom is -0.352 e. The van der Waals surface area contributed by atoms with Crippen LogP contribution in [0.15, 0.2) is 89.8 Å². The van der Waals surface area contributed by atoms with Gasteiger partial charge in [-0.05, 0) is 91.2 Å². The van der Waals surface area contributed by atoms with Crippen LogP contribution in [0.3, 0.4) is 0 Å². The fraction of sp³-hybridized carbons (Fsp3) is 0.310. The number of amides is 2. The van der Waals surface area contributed by atoms with E-state index in [2.05, 4.69) is 27.9 Å². The zero-order valence-corrected chi connectivity index (χ0v) is 24.9. The molecule has 0 spiro atoms. The molecule has 0 radical (unpaired) electrons. The summed E-state index contributed by atoms with van der Waals surface area (Å²) in [5.41, 5.74) is 1.40. The molecule has 7 nitrogen and oxygen atoms in total. The highest BCUT2D eigenvalue weighted by Gasteiger charge is 2.33. The molecule has 2 amide bonds. The number of carbonyl (C=O) groups excluding carboxylic acids is 2. The summed E-state index contributed by atoms with van der Waals surface area (Å²) in [7, 11) is -4.05. The SMILES string of the molecule is CC[C@@H](C(=O)NC(C)C)N(CCc1ccccc1)C(=O)CN(c1ccc(I)cc1)S(=O)(=O)c1ccccc1. The van der Waals surface area contributed by atoms with Gasteiger partial charge in [-0.25, -0.2) is 8.42 Å². The van der Waals surface area contributed by atoms with E-state index < -0.39 is 28.5 Å². The van der Waals surface area contributed by atoms with Crippen molar-refractivity contribution in [2.45, 2.75) is 50.6 Å². The Morgan fingerprint density at radius 2 is 1.47 bits per heavy atom. The zero-order valence-electron chi connectivity index (χ0n) is 21.9. The van der Waals surface area contributed by atoms with E-state index in [0.717, 1.165) is 13.4 Å². The third-order valence-electron chi connectivity index (χ3n) is 6.03. The number of sulfonamides is 1. The molecular weight excluding hydrogens is 613 g/mol. The van der Waals surface area contributed by atoms with Crippen molar-refractivity contribution in [3.63, 3.8) is 0 Å². The molecule has 0 aromatic heterocycles. The molecule has 0 aliphatic rings. The van der Waals surface area contributed by atoms with Crippen molar-refractivity contribution in [2.75, 3.05) is 17.4 Å². The number of nitrogens with one attached hydrogen (secondary N) is 1. The van der Waals surface area contributed by atoms with Gasteiger partial charge >= 0.3 is 0 Å². The summed E-state index contributed by atoms with van der Waals surface area (Å²) in [5.74, 6) is -0.694. The summed E-state index contributed by atoms with van der Waals surface area (Å²) in [4.78, 5) is 28.6. The van der Waals surface area contributed by atoms with E-state index in [1.807, 2.05) is 51.1 Å². The van der Waals surface area contributed by atoms with E-state index in [1.165, 1.54) is 17.0 Å². The smallest absolute Gasteiger partial charge is 0.264 e. The van der Waals surface area contributed by atoms with Crippen molar-refractivity contribution in [1.82, 2.24) is 10.2 Å². The quantitative estimate of drug-likeness (QED) is 0.285. The first kappa shape index (κ1) is 29.6. The minimum atomic E-state index is -4.05. The van der Waals surface area contributed by atoms with Crippen LogP contribution in [0.2, 0.25) is 0 Å². The number of hydrogen-bond acceptors (Lipinski definition) is 4. The second kappa shape index (κ2) is 13.7. The van der Waals surface area contributed by atoms with Crippen molar-refractivity contribution in [1.29, 1.82) is 0 Å². The molecule has 0 fully saturated rings. The van der Waals surface area contributed by atoms with Crippen LogP contribution < -0.4 is 9.62 Å². The molecule has 0 saturated carbocycles. The molecule has 202 valence electrons. The Bertz CT molecular complexity index is 1300. The number of carbonyl (C=O) groups is 2. The first-order valence-corrected chi connectivity index (χ1v) is 15.1. The predicted molar refractivity (Wildman–Crippen MR) is 159 cm³/mol. The number of nitrogens with zero attached hydrogens (tertiary/aromatic N) is 2. The van der Waals surface area contributed by atoms with Crippen molar-refractivity contribution in [3.8, 4) is 0 Å². The lowest BCUT2D eigenvalue weighted by molar-refractivity contribution is -0.139. The fourth-order valence-electron chi connectivity index (χ4n) is 4.13. The van der Waals surface area contributed by atoms with Crippen LogP contribution in [0.1, 0.15) is 32.8 Å². The average Bonchev–Trinajstić information content (AvgIpc) is 2.90. The van der Waals surface area contributed by atoms with Gasteiger partial charge in [0, 0.05) is 16.2 Å². The van der Waals surface area contributed by atoms with Gasteiger partial charge in [0.15, 0.2) is 0 Å². The van der Waals surface area contributed by atoms with E-state index in [4.69, 9.17) is 0 Å². The molecule has 9 heteroatoms. The van der Waals surface area contributed by atoms with E-state index in [-0.39, 0.29) is 23.4 Å². The molecule has 38 heavy (non-hydrogen) atoms. The van der Waals surface area contributed by atoms with E-state index in [0.29, 0.717) is 18.5 Å². The van der Waals surface area contributed by atoms with Crippen LogP contribution in [-0.4, -0.2) is 50.3 Å². The summed E-state index contributed by atoms with van der Waals surface area (Å²) >= 11 is 2.15. The van der Waals surface area contributed by atoms with Gasteiger partial charge in [0.25, 0.3) is 10.0 Å². The van der Waals surface area contributed by atoms with Crippen molar-refractivity contribution < 1.29 is 18.0 Å². The summed E-state index contributed by atoms with van der Waals surface area (Å²) in [5, 5.41) is 2.91. The molecule has 0 bridgehead atoms. The van der Waals surface area contributed by atoms with Crippen LogP contribution in [0.4, 0.5) is 5.69 Å². The van der Waals surface area contributed by atoms with Gasteiger partial charge in [-0.1, -0.05) is 55.5 Å². The maximum atomic E-state index is 13.9. The molecule has 0 unspecified atom stereocenters. The molecule has 1 atom stereocenters. The number of halogens is 1. The minimum absolute atomic E-state index is 0.0896. The van der Waals surface area contributed by atoms with Gasteiger partial charge in [-0.2, -0.15) is 0 Å². The first-order valence-electron chi connectivity index (χ1n) is 12.6. The third kappa shape index (κ3) is 7.80. The highest BCUT2D eigenvalue weighted by Crippen LogP contribution is 2.25. The average molecular weight is 648 g/mol. The molecule has 0 saturated heterocycles. The van der Waals surface area contributed by atoms with Gasteiger partial charge < -0.3 is 10.2 Å². The zero-order chi connectivity index (χ0) is 27.7. The molecule has 3 aromatic rings. The van der Waals surface area contributed by atoms with Crippen molar-refractivity contribution in [2.24, 2.45) is 0 Å². The standard InChI is InChI=1S/C29H34IN3O4S/c1-4-27(29(35)31-22(2)3)32(20-19-23-11-7-5-8-12-23)28(34)21-33(25-17-15-24(30)16-18-25)38(36,37)26-13-9-6-10-14-26/h5-18,22,27H,4,19-21H2,1-3H3,(H,31,35)/t27-/m0/s1. The highest BCUT2D eigenvalue weighted by atomic mass is 127. The van der Waals surface area contributed by atoms with Crippen LogP contribution in [0.25, 0.3) is 0 Å². The van der Waals surface area contributed by atoms with E-state index >= 15 is 0 Å². The summed E-state index contributed by atoms with van der Waals surface area (Å²) < 4.78 is 29.6. The molecule has 0 heterocycles. The normalized spacial score (nSPS) is 12.1. The summed E-state index contributed by atoms with van der Waals surface area (Å²) in [6.45, 7) is 5.43. The van der Waals surface area contributed by atoms with Crippen LogP contribution in [-0.2, 0) is 26.0 Å². The third-order valence-corrected chi connectivity index (χ3v) is 8.53. The second-order valence-electron chi connectivity index (χ2n) is 9.21. The number of benzene rings is 3. The Morgan fingerprint density at radius 3 is 2.03 bits per heavy atom. The van der Waals surface area contributed by atoms with E-state index in [9.17, 15) is 18.0 Å². The van der Waals surface area contributed by atoms with Crippen LogP contribution in [0.5, 0.6) is 0 Å². The molecular formula is C29H34IN3O4S. The predicted octanol–water partition coefficient (Wildman–Crippen LogP) is 4.86. The molecule has 1 N–H and O–H groups in total. The number of hydrogen-bond donors (Lipinski definition) is 1. The Morgan fingerprint density at radius 1 is 0.895 bits per heavy atom. The Kier molecular flexibility index (Phi) is 10.7. The maximum absolute atomic E-state index is 13.9. The van der Waals surface area contributed by atoms with Gasteiger partial charge in [0.05, 0.1) is 10.6 Å². The Hall–Kier alpha value is -2.92. The highest BCUT2D eigenvalue weighted by molar-refractivity contribution is 14.1. The molecule has 3 aromatic carbocycles. The van der Waals surface area contributed by atoms with Crippen molar-refractivity contribution in [3.05, 3.63) is 94.1 Å². The first-order chi connectivity index (χ1) is 18.1. The van der Waals surface area contributed by atoms with Gasteiger partial charge in [-0.15, -0.1) is 0 Å². The maximum Gasteiger partial charge on any atom is 0.264 e. The second-order valence-corrected chi connectivity index (χ2v) is 12.3. The number of anilines is 1. The monoisotopic (exact) mass is 647 g/mol. The molecule has 3 rings (SSSR count). The van der Waals surface area contributed by atoms with Gasteiger partial charge in [-0.3, -0.25) is 13.9 Å². The van der Waals surface area contributed by atoms with E-state index in [1.54, 1.807) is 42.5 Å². The topological polar surface area (TPSA) is 86.8 Å². The Labute approximate surface area is 239 Å².